The van der Waals surface area contributed by atoms with E-state index >= 15 is 0 Å². The minimum absolute atomic E-state index is 0.109. The molecule has 1 aliphatic heterocycles. The molecule has 1 fully saturated rings. The highest BCUT2D eigenvalue weighted by Gasteiger charge is 2.33. The van der Waals surface area contributed by atoms with Gasteiger partial charge in [-0.1, -0.05) is 30.3 Å². The van der Waals surface area contributed by atoms with E-state index in [0.717, 1.165) is 13.0 Å². The Bertz CT molecular complexity index is 743. The number of carbonyl (C=O) groups excluding carboxylic acids is 2. The third-order valence-corrected chi connectivity index (χ3v) is 4.59. The van der Waals surface area contributed by atoms with Crippen molar-refractivity contribution in [2.24, 2.45) is 12.8 Å². The van der Waals surface area contributed by atoms with Crippen molar-refractivity contribution in [2.45, 2.75) is 12.5 Å². The van der Waals surface area contributed by atoms with Crippen molar-refractivity contribution in [3.8, 4) is 0 Å². The maximum atomic E-state index is 12.6. The second-order valence-electron chi connectivity index (χ2n) is 6.34. The van der Waals surface area contributed by atoms with Crippen LogP contribution in [0.2, 0.25) is 0 Å². The number of piperazine rings is 1. The number of nitrogens with zero attached hydrogens (tertiary/aromatic N) is 4. The standard InChI is InChI=1S/C18H23N5O2/c1-21-12-15(11-20-21)18(25)23-10-9-22(16(13-23)17(19)24)8-7-14-5-3-2-4-6-14/h2-6,11-12,16H,7-10,13H2,1H3,(H2,19,24)/t16-/m0/s1. The zero-order valence-electron chi connectivity index (χ0n) is 14.3. The third-order valence-electron chi connectivity index (χ3n) is 4.59. The molecule has 1 atom stereocenters. The van der Waals surface area contributed by atoms with Crippen LogP contribution in [-0.4, -0.2) is 63.6 Å². The molecule has 7 nitrogen and oxygen atoms in total. The predicted molar refractivity (Wildman–Crippen MR) is 93.8 cm³/mol. The lowest BCUT2D eigenvalue weighted by atomic mass is 10.1. The van der Waals surface area contributed by atoms with Gasteiger partial charge in [0, 0.05) is 39.4 Å². The molecular formula is C18H23N5O2. The first-order chi connectivity index (χ1) is 12.0. The quantitative estimate of drug-likeness (QED) is 0.846. The number of hydrogen-bond donors (Lipinski definition) is 1. The Morgan fingerprint density at radius 1 is 1.24 bits per heavy atom. The van der Waals surface area contributed by atoms with Crippen molar-refractivity contribution in [1.29, 1.82) is 0 Å². The van der Waals surface area contributed by atoms with Gasteiger partial charge in [0.15, 0.2) is 0 Å². The number of hydrogen-bond acceptors (Lipinski definition) is 4. The van der Waals surface area contributed by atoms with Crippen molar-refractivity contribution in [1.82, 2.24) is 19.6 Å². The number of amides is 2. The molecule has 7 heteroatoms. The first kappa shape index (κ1) is 17.2. The Kier molecular flexibility index (Phi) is 5.14. The number of carbonyl (C=O) groups is 2. The van der Waals surface area contributed by atoms with Crippen LogP contribution in [0.25, 0.3) is 0 Å². The van der Waals surface area contributed by atoms with E-state index in [1.54, 1.807) is 29.0 Å². The summed E-state index contributed by atoms with van der Waals surface area (Å²) in [4.78, 5) is 28.2. The molecule has 0 radical (unpaired) electrons. The molecule has 25 heavy (non-hydrogen) atoms. The summed E-state index contributed by atoms with van der Waals surface area (Å²) < 4.78 is 1.59. The molecule has 0 bridgehead atoms. The second-order valence-corrected chi connectivity index (χ2v) is 6.34. The van der Waals surface area contributed by atoms with Crippen LogP contribution in [0.4, 0.5) is 0 Å². The second kappa shape index (κ2) is 7.48. The zero-order chi connectivity index (χ0) is 17.8. The molecular weight excluding hydrogens is 318 g/mol. The third kappa shape index (κ3) is 4.06. The molecule has 1 saturated heterocycles. The summed E-state index contributed by atoms with van der Waals surface area (Å²) in [5.74, 6) is -0.501. The fraction of sp³-hybridized carbons (Fsp3) is 0.389. The van der Waals surface area contributed by atoms with Gasteiger partial charge in [0.25, 0.3) is 5.91 Å². The number of nitrogens with two attached hydrogens (primary N) is 1. The summed E-state index contributed by atoms with van der Waals surface area (Å²) in [6.45, 7) is 2.27. The monoisotopic (exact) mass is 341 g/mol. The summed E-state index contributed by atoms with van der Waals surface area (Å²) >= 11 is 0. The van der Waals surface area contributed by atoms with E-state index in [0.29, 0.717) is 25.2 Å². The summed E-state index contributed by atoms with van der Waals surface area (Å²) in [5, 5.41) is 4.03. The number of aromatic nitrogens is 2. The average Bonchev–Trinajstić information content (AvgIpc) is 3.06. The van der Waals surface area contributed by atoms with Gasteiger partial charge < -0.3 is 10.6 Å². The minimum atomic E-state index is -0.460. The van der Waals surface area contributed by atoms with Crippen LogP contribution in [0.15, 0.2) is 42.7 Å². The van der Waals surface area contributed by atoms with Gasteiger partial charge in [-0.05, 0) is 12.0 Å². The lowest BCUT2D eigenvalue weighted by molar-refractivity contribution is -0.125. The lowest BCUT2D eigenvalue weighted by Crippen LogP contribution is -2.59. The van der Waals surface area contributed by atoms with Crippen LogP contribution in [0, 0.1) is 0 Å². The van der Waals surface area contributed by atoms with E-state index in [1.165, 1.54) is 5.56 Å². The van der Waals surface area contributed by atoms with E-state index in [-0.39, 0.29) is 5.91 Å². The number of primary amides is 1. The largest absolute Gasteiger partial charge is 0.368 e. The fourth-order valence-corrected chi connectivity index (χ4v) is 3.17. The molecule has 0 spiro atoms. The molecule has 2 aromatic rings. The summed E-state index contributed by atoms with van der Waals surface area (Å²) in [7, 11) is 1.77. The molecule has 1 aromatic heterocycles. The highest BCUT2D eigenvalue weighted by atomic mass is 16.2. The number of aryl methyl sites for hydroxylation is 1. The summed E-state index contributed by atoms with van der Waals surface area (Å²) in [6.07, 6.45) is 4.08. The van der Waals surface area contributed by atoms with E-state index in [1.807, 2.05) is 18.2 Å². The van der Waals surface area contributed by atoms with Crippen molar-refractivity contribution in [3.63, 3.8) is 0 Å². The molecule has 1 aromatic carbocycles. The first-order valence-electron chi connectivity index (χ1n) is 8.40. The van der Waals surface area contributed by atoms with Gasteiger partial charge in [-0.3, -0.25) is 19.2 Å². The van der Waals surface area contributed by atoms with Gasteiger partial charge in [-0.15, -0.1) is 0 Å². The average molecular weight is 341 g/mol. The molecule has 2 N–H and O–H groups in total. The predicted octanol–water partition coefficient (Wildman–Crippen LogP) is 0.275. The van der Waals surface area contributed by atoms with E-state index in [9.17, 15) is 9.59 Å². The molecule has 0 saturated carbocycles. The number of rotatable bonds is 5. The Morgan fingerprint density at radius 2 is 2.00 bits per heavy atom. The minimum Gasteiger partial charge on any atom is -0.368 e. The molecule has 0 unspecified atom stereocenters. The van der Waals surface area contributed by atoms with E-state index in [4.69, 9.17) is 5.73 Å². The summed E-state index contributed by atoms with van der Waals surface area (Å²) in [6, 6.07) is 9.68. The zero-order valence-corrected chi connectivity index (χ0v) is 14.3. The van der Waals surface area contributed by atoms with Gasteiger partial charge in [0.1, 0.15) is 6.04 Å². The van der Waals surface area contributed by atoms with Crippen LogP contribution >= 0.6 is 0 Å². The molecule has 2 heterocycles. The molecule has 1 aliphatic rings. The Morgan fingerprint density at radius 3 is 2.64 bits per heavy atom. The molecule has 0 aliphatic carbocycles. The first-order valence-corrected chi connectivity index (χ1v) is 8.40. The Hall–Kier alpha value is -2.67. The highest BCUT2D eigenvalue weighted by molar-refractivity contribution is 5.94. The normalized spacial score (nSPS) is 18.3. The maximum absolute atomic E-state index is 12.6. The number of benzene rings is 1. The highest BCUT2D eigenvalue weighted by Crippen LogP contribution is 2.14. The van der Waals surface area contributed by atoms with Crippen molar-refractivity contribution >= 4 is 11.8 Å². The van der Waals surface area contributed by atoms with Gasteiger partial charge >= 0.3 is 0 Å². The SMILES string of the molecule is Cn1cc(C(=O)N2CCN(CCc3ccccc3)[C@H](C(N)=O)C2)cn1. The lowest BCUT2D eigenvalue weighted by Gasteiger charge is -2.39. The molecule has 2 amide bonds. The van der Waals surface area contributed by atoms with Crippen LogP contribution in [0.5, 0.6) is 0 Å². The Labute approximate surface area is 147 Å². The van der Waals surface area contributed by atoms with E-state index < -0.39 is 11.9 Å². The van der Waals surface area contributed by atoms with Crippen molar-refractivity contribution in [2.75, 3.05) is 26.2 Å². The fourth-order valence-electron chi connectivity index (χ4n) is 3.17. The van der Waals surface area contributed by atoms with Gasteiger partial charge in [0.05, 0.1) is 11.8 Å². The van der Waals surface area contributed by atoms with Gasteiger partial charge in [-0.2, -0.15) is 5.10 Å². The van der Waals surface area contributed by atoms with Crippen LogP contribution in [0.3, 0.4) is 0 Å². The Balaban J connectivity index is 1.64. The topological polar surface area (TPSA) is 84.5 Å². The van der Waals surface area contributed by atoms with Crippen molar-refractivity contribution in [3.05, 3.63) is 53.9 Å². The van der Waals surface area contributed by atoms with Crippen LogP contribution in [0.1, 0.15) is 15.9 Å². The molecule has 3 rings (SSSR count). The van der Waals surface area contributed by atoms with E-state index in [2.05, 4.69) is 22.1 Å². The van der Waals surface area contributed by atoms with Crippen molar-refractivity contribution < 1.29 is 9.59 Å². The van der Waals surface area contributed by atoms with Gasteiger partial charge in [-0.25, -0.2) is 0 Å². The van der Waals surface area contributed by atoms with Crippen LogP contribution < -0.4 is 5.73 Å². The smallest absolute Gasteiger partial charge is 0.257 e. The van der Waals surface area contributed by atoms with Gasteiger partial charge in [0.2, 0.25) is 5.91 Å². The maximum Gasteiger partial charge on any atom is 0.257 e. The van der Waals surface area contributed by atoms with Crippen LogP contribution in [-0.2, 0) is 18.3 Å². The summed E-state index contributed by atoms with van der Waals surface area (Å²) in [5.41, 5.74) is 7.35. The molecule has 132 valence electrons.